The van der Waals surface area contributed by atoms with E-state index in [2.05, 4.69) is 4.99 Å². The Hall–Kier alpha value is -2.76. The Morgan fingerprint density at radius 3 is 2.30 bits per heavy atom. The Balaban J connectivity index is 1.58. The smallest absolute Gasteiger partial charge is 0.206 e. The highest BCUT2D eigenvalue weighted by atomic mass is 35.5. The molecule has 1 aliphatic rings. The predicted molar refractivity (Wildman–Crippen MR) is 137 cm³/mol. The van der Waals surface area contributed by atoms with Gasteiger partial charge in [0.05, 0.1) is 27.6 Å². The van der Waals surface area contributed by atoms with Crippen LogP contribution in [0.15, 0.2) is 58.9 Å². The van der Waals surface area contributed by atoms with Crippen molar-refractivity contribution in [2.45, 2.75) is 38.1 Å². The van der Waals surface area contributed by atoms with Crippen molar-refractivity contribution in [1.82, 2.24) is 4.57 Å². The standard InChI is InChI=1S/C27H25ClN2O2S/c1-29-22(13-17-5-2-3-6-17)26(31)18-8-10-23-20(14-18)21-15-19(9-11-24(21)30(23)16-28)27(32)25-7-4-12-33-25/h4,7-12,14-15,17H,2-3,5-6,13,16H2,1H3. The van der Waals surface area contributed by atoms with Crippen LogP contribution in [0.5, 0.6) is 0 Å². The molecule has 4 nitrogen and oxygen atoms in total. The van der Waals surface area contributed by atoms with Crippen molar-refractivity contribution in [2.75, 3.05) is 7.05 Å². The minimum Gasteiger partial charge on any atom is -0.326 e. The van der Waals surface area contributed by atoms with Gasteiger partial charge in [-0.3, -0.25) is 14.6 Å². The number of aromatic nitrogens is 1. The number of ketones is 2. The van der Waals surface area contributed by atoms with E-state index < -0.39 is 0 Å². The topological polar surface area (TPSA) is 51.4 Å². The van der Waals surface area contributed by atoms with Crippen LogP contribution in [0.4, 0.5) is 0 Å². The average Bonchev–Trinajstić information content (AvgIpc) is 3.61. The molecule has 6 heteroatoms. The summed E-state index contributed by atoms with van der Waals surface area (Å²) in [4.78, 5) is 31.3. The largest absolute Gasteiger partial charge is 0.326 e. The normalized spacial score (nSPS) is 15.0. The second-order valence-electron chi connectivity index (χ2n) is 8.67. The molecule has 2 heterocycles. The van der Waals surface area contributed by atoms with Crippen molar-refractivity contribution in [3.05, 3.63) is 69.9 Å². The molecule has 5 rings (SSSR count). The first-order chi connectivity index (χ1) is 16.1. The van der Waals surface area contributed by atoms with E-state index in [0.29, 0.717) is 27.6 Å². The number of hydrogen-bond donors (Lipinski definition) is 0. The number of Topliss-reactive ketones (excluding diaryl/α,β-unsaturated/α-hetero) is 1. The average molecular weight is 477 g/mol. The van der Waals surface area contributed by atoms with E-state index in [1.165, 1.54) is 37.0 Å². The SMILES string of the molecule is CN=C(CC1CCCC1)C(=O)c1ccc2c(c1)c1cc(C(=O)c3cccs3)ccc1n2CCl. The summed E-state index contributed by atoms with van der Waals surface area (Å²) in [5.41, 5.74) is 3.80. The number of rotatable bonds is 7. The summed E-state index contributed by atoms with van der Waals surface area (Å²) in [6.07, 6.45) is 5.58. The second kappa shape index (κ2) is 9.24. The maximum absolute atomic E-state index is 13.3. The molecule has 0 unspecified atom stereocenters. The molecule has 0 N–H and O–H groups in total. The molecule has 1 saturated carbocycles. The van der Waals surface area contributed by atoms with Gasteiger partial charge in [-0.2, -0.15) is 0 Å². The lowest BCUT2D eigenvalue weighted by Crippen LogP contribution is -2.17. The van der Waals surface area contributed by atoms with Crippen LogP contribution >= 0.6 is 22.9 Å². The molecule has 0 amide bonds. The lowest BCUT2D eigenvalue weighted by molar-refractivity contribution is 0.104. The number of fused-ring (bicyclic) bond motifs is 3. The molecular formula is C27H25ClN2O2S. The number of thiophene rings is 1. The zero-order valence-electron chi connectivity index (χ0n) is 18.5. The zero-order chi connectivity index (χ0) is 22.9. The van der Waals surface area contributed by atoms with E-state index in [1.807, 2.05) is 58.5 Å². The van der Waals surface area contributed by atoms with Gasteiger partial charge in [-0.25, -0.2) is 0 Å². The summed E-state index contributed by atoms with van der Waals surface area (Å²) in [6.45, 7) is 0. The van der Waals surface area contributed by atoms with Gasteiger partial charge in [0.1, 0.15) is 0 Å². The van der Waals surface area contributed by atoms with Crippen LogP contribution in [0.25, 0.3) is 21.8 Å². The van der Waals surface area contributed by atoms with E-state index in [1.54, 1.807) is 7.05 Å². The molecule has 1 fully saturated rings. The van der Waals surface area contributed by atoms with Crippen LogP contribution in [-0.2, 0) is 6.00 Å². The first kappa shape index (κ1) is 22.1. The summed E-state index contributed by atoms with van der Waals surface area (Å²) in [5, 5.41) is 3.75. The van der Waals surface area contributed by atoms with Gasteiger partial charge in [-0.05, 0) is 60.2 Å². The molecule has 168 valence electrons. The zero-order valence-corrected chi connectivity index (χ0v) is 20.1. The first-order valence-electron chi connectivity index (χ1n) is 11.3. The Bertz CT molecular complexity index is 1380. The lowest BCUT2D eigenvalue weighted by atomic mass is 9.94. The number of nitrogens with zero attached hydrogens (tertiary/aromatic N) is 2. The number of halogens is 1. The van der Waals surface area contributed by atoms with Crippen LogP contribution in [0.3, 0.4) is 0 Å². The Kier molecular flexibility index (Phi) is 6.17. The molecule has 4 aromatic rings. The van der Waals surface area contributed by atoms with Gasteiger partial charge in [0.15, 0.2) is 0 Å². The van der Waals surface area contributed by atoms with Gasteiger partial charge < -0.3 is 4.57 Å². The van der Waals surface area contributed by atoms with E-state index >= 15 is 0 Å². The fourth-order valence-corrected chi connectivity index (χ4v) is 5.95. The number of carbonyl (C=O) groups excluding carboxylic acids is 2. The van der Waals surface area contributed by atoms with Gasteiger partial charge in [0, 0.05) is 28.9 Å². The van der Waals surface area contributed by atoms with Crippen molar-refractivity contribution in [3.8, 4) is 0 Å². The van der Waals surface area contributed by atoms with Crippen LogP contribution in [0.1, 0.15) is 57.7 Å². The summed E-state index contributed by atoms with van der Waals surface area (Å²) in [6, 6.07) is 15.5. The number of benzene rings is 2. The highest BCUT2D eigenvalue weighted by Crippen LogP contribution is 2.33. The fourth-order valence-electron chi connectivity index (χ4n) is 5.01. The van der Waals surface area contributed by atoms with Crippen molar-refractivity contribution in [3.63, 3.8) is 0 Å². The molecule has 0 bridgehead atoms. The van der Waals surface area contributed by atoms with Gasteiger partial charge >= 0.3 is 0 Å². The molecule has 2 aromatic heterocycles. The predicted octanol–water partition coefficient (Wildman–Crippen LogP) is 7.12. The Morgan fingerprint density at radius 1 is 1.03 bits per heavy atom. The number of hydrogen-bond acceptors (Lipinski definition) is 4. The van der Waals surface area contributed by atoms with Gasteiger partial charge in [0.25, 0.3) is 0 Å². The fraction of sp³-hybridized carbons (Fsp3) is 0.296. The summed E-state index contributed by atoms with van der Waals surface area (Å²) in [5.74, 6) is 0.548. The first-order valence-corrected chi connectivity index (χ1v) is 12.7. The molecule has 0 spiro atoms. The Morgan fingerprint density at radius 2 is 1.70 bits per heavy atom. The quantitative estimate of drug-likeness (QED) is 0.162. The van der Waals surface area contributed by atoms with Crippen LogP contribution < -0.4 is 0 Å². The van der Waals surface area contributed by atoms with Gasteiger partial charge in [-0.1, -0.05) is 31.7 Å². The van der Waals surface area contributed by atoms with E-state index in [4.69, 9.17) is 11.6 Å². The minimum absolute atomic E-state index is 0.00266. The maximum Gasteiger partial charge on any atom is 0.206 e. The molecule has 33 heavy (non-hydrogen) atoms. The summed E-state index contributed by atoms with van der Waals surface area (Å²) >= 11 is 7.73. The third-order valence-electron chi connectivity index (χ3n) is 6.74. The van der Waals surface area contributed by atoms with E-state index in [0.717, 1.165) is 28.2 Å². The molecular weight excluding hydrogens is 452 g/mol. The number of carbonyl (C=O) groups is 2. The minimum atomic E-state index is -0.0103. The van der Waals surface area contributed by atoms with Crippen molar-refractivity contribution < 1.29 is 9.59 Å². The van der Waals surface area contributed by atoms with Crippen LogP contribution in [-0.4, -0.2) is 28.9 Å². The molecule has 1 aliphatic carbocycles. The van der Waals surface area contributed by atoms with E-state index in [9.17, 15) is 9.59 Å². The highest BCUT2D eigenvalue weighted by molar-refractivity contribution is 7.12. The van der Waals surface area contributed by atoms with Crippen LogP contribution in [0, 0.1) is 5.92 Å². The maximum atomic E-state index is 13.3. The van der Waals surface area contributed by atoms with Crippen molar-refractivity contribution >= 4 is 62.0 Å². The molecule has 0 saturated heterocycles. The molecule has 0 atom stereocenters. The molecule has 0 aliphatic heterocycles. The van der Waals surface area contributed by atoms with E-state index in [-0.39, 0.29) is 17.6 Å². The second-order valence-corrected chi connectivity index (χ2v) is 9.86. The number of alkyl halides is 1. The summed E-state index contributed by atoms with van der Waals surface area (Å²) < 4.78 is 2.01. The monoisotopic (exact) mass is 476 g/mol. The summed E-state index contributed by atoms with van der Waals surface area (Å²) in [7, 11) is 1.71. The van der Waals surface area contributed by atoms with Gasteiger partial charge in [0.2, 0.25) is 11.6 Å². The van der Waals surface area contributed by atoms with Gasteiger partial charge in [-0.15, -0.1) is 22.9 Å². The number of aliphatic imine (C=N–C) groups is 1. The third kappa shape index (κ3) is 4.04. The molecule has 2 aromatic carbocycles. The highest BCUT2D eigenvalue weighted by Gasteiger charge is 2.23. The van der Waals surface area contributed by atoms with Crippen LogP contribution in [0.2, 0.25) is 0 Å². The van der Waals surface area contributed by atoms with Crippen molar-refractivity contribution in [2.24, 2.45) is 10.9 Å². The Labute approximate surface area is 201 Å². The third-order valence-corrected chi connectivity index (χ3v) is 7.85. The lowest BCUT2D eigenvalue weighted by Gasteiger charge is -2.11. The molecule has 0 radical (unpaired) electrons. The van der Waals surface area contributed by atoms with Crippen molar-refractivity contribution in [1.29, 1.82) is 0 Å².